The minimum absolute atomic E-state index is 0.0728. The quantitative estimate of drug-likeness (QED) is 0.527. The highest BCUT2D eigenvalue weighted by molar-refractivity contribution is 7.92. The number of ether oxygens (including phenoxy) is 1. The first-order valence-electron chi connectivity index (χ1n) is 9.74. The van der Waals surface area contributed by atoms with Gasteiger partial charge in [-0.1, -0.05) is 29.0 Å². The number of rotatable bonds is 6. The zero-order chi connectivity index (χ0) is 22.8. The number of esters is 1. The van der Waals surface area contributed by atoms with Crippen molar-refractivity contribution in [1.82, 2.24) is 4.57 Å². The summed E-state index contributed by atoms with van der Waals surface area (Å²) in [4.78, 5) is 29.1. The van der Waals surface area contributed by atoms with E-state index in [0.29, 0.717) is 0 Å². The number of benzene rings is 2. The molecule has 0 atom stereocenters. The third kappa shape index (κ3) is 5.29. The predicted octanol–water partition coefficient (Wildman–Crippen LogP) is 3.09. The number of aromatic nitrogens is 1. The molecule has 0 saturated carbocycles. The maximum atomic E-state index is 12.6. The second-order valence-electron chi connectivity index (χ2n) is 7.26. The molecule has 1 aromatic heterocycles. The molecular weight excluding hydrogens is 436 g/mol. The molecule has 0 unspecified atom stereocenters. The summed E-state index contributed by atoms with van der Waals surface area (Å²) in [6, 6.07) is 10.2. The zero-order valence-corrected chi connectivity index (χ0v) is 19.5. The highest BCUT2D eigenvalue weighted by Crippen LogP contribution is 2.22. The van der Waals surface area contributed by atoms with Crippen molar-refractivity contribution in [3.63, 3.8) is 0 Å². The lowest BCUT2D eigenvalue weighted by atomic mass is 10.1. The van der Waals surface area contributed by atoms with Crippen LogP contribution < -0.4 is 4.80 Å². The molecule has 3 aromatic rings. The summed E-state index contributed by atoms with van der Waals surface area (Å²) in [7, 11) is -3.82. The predicted molar refractivity (Wildman–Crippen MR) is 120 cm³/mol. The lowest BCUT2D eigenvalue weighted by molar-refractivity contribution is -0.143. The van der Waals surface area contributed by atoms with Gasteiger partial charge in [0.05, 0.1) is 21.7 Å². The number of hydrogen-bond acceptors (Lipinski definition) is 6. The molecule has 0 N–H and O–H groups in total. The van der Waals surface area contributed by atoms with E-state index >= 15 is 0 Å². The van der Waals surface area contributed by atoms with Crippen LogP contribution in [0.15, 0.2) is 46.3 Å². The van der Waals surface area contributed by atoms with Gasteiger partial charge in [0, 0.05) is 0 Å². The Kier molecular flexibility index (Phi) is 6.76. The molecular formula is C22H24N2O5S2. The zero-order valence-electron chi connectivity index (χ0n) is 17.8. The van der Waals surface area contributed by atoms with Gasteiger partial charge in [-0.25, -0.2) is 8.42 Å². The first-order chi connectivity index (χ1) is 14.6. The van der Waals surface area contributed by atoms with E-state index in [2.05, 4.69) is 4.99 Å². The number of sulfone groups is 1. The van der Waals surface area contributed by atoms with Gasteiger partial charge in [-0.3, -0.25) is 9.59 Å². The Morgan fingerprint density at radius 3 is 2.35 bits per heavy atom. The van der Waals surface area contributed by atoms with Crippen molar-refractivity contribution in [2.45, 2.75) is 39.1 Å². The summed E-state index contributed by atoms with van der Waals surface area (Å²) >= 11 is 1.23. The van der Waals surface area contributed by atoms with Gasteiger partial charge in [0.15, 0.2) is 14.6 Å². The number of nitrogens with zero attached hydrogens (tertiary/aromatic N) is 2. The molecule has 0 aliphatic carbocycles. The Hall–Kier alpha value is -2.78. The molecule has 0 bridgehead atoms. The number of amides is 1. The maximum absolute atomic E-state index is 12.6. The van der Waals surface area contributed by atoms with E-state index in [9.17, 15) is 18.0 Å². The molecule has 164 valence electrons. The van der Waals surface area contributed by atoms with Crippen molar-refractivity contribution in [2.24, 2.45) is 4.99 Å². The fraction of sp³-hybridized carbons (Fsp3) is 0.318. The van der Waals surface area contributed by atoms with Gasteiger partial charge in [-0.15, -0.1) is 0 Å². The van der Waals surface area contributed by atoms with Crippen LogP contribution in [0.3, 0.4) is 0 Å². The molecule has 1 heterocycles. The summed E-state index contributed by atoms with van der Waals surface area (Å²) < 4.78 is 32.7. The highest BCUT2D eigenvalue weighted by Gasteiger charge is 2.20. The highest BCUT2D eigenvalue weighted by atomic mass is 32.2. The number of thiazole rings is 1. The van der Waals surface area contributed by atoms with Crippen LogP contribution in [0, 0.1) is 20.8 Å². The van der Waals surface area contributed by atoms with Crippen LogP contribution in [0.2, 0.25) is 0 Å². The second kappa shape index (κ2) is 9.15. The fourth-order valence-corrected chi connectivity index (χ4v) is 5.26. The number of carbonyl (C=O) groups is 2. The van der Waals surface area contributed by atoms with E-state index in [1.807, 2.05) is 32.9 Å². The van der Waals surface area contributed by atoms with Crippen LogP contribution in [0.25, 0.3) is 10.2 Å². The SMILES string of the molecule is CCOC(=O)Cn1c(=NC(=O)CS(=O)(=O)c2ccc(C)cc2)sc2cc(C)c(C)cc21. The van der Waals surface area contributed by atoms with Crippen molar-refractivity contribution < 1.29 is 22.7 Å². The van der Waals surface area contributed by atoms with E-state index < -0.39 is 27.5 Å². The third-order valence-corrected chi connectivity index (χ3v) is 7.46. The van der Waals surface area contributed by atoms with Gasteiger partial charge < -0.3 is 9.30 Å². The average molecular weight is 461 g/mol. The average Bonchev–Trinajstić information content (AvgIpc) is 2.98. The molecule has 3 rings (SSSR count). The third-order valence-electron chi connectivity index (χ3n) is 4.80. The molecule has 7 nitrogen and oxygen atoms in total. The minimum atomic E-state index is -3.82. The largest absolute Gasteiger partial charge is 0.465 e. The molecule has 2 aromatic carbocycles. The summed E-state index contributed by atoms with van der Waals surface area (Å²) in [6.45, 7) is 7.61. The lowest BCUT2D eigenvalue weighted by Crippen LogP contribution is -2.24. The number of fused-ring (bicyclic) bond motifs is 1. The molecule has 1 amide bonds. The second-order valence-corrected chi connectivity index (χ2v) is 10.3. The molecule has 0 radical (unpaired) electrons. The van der Waals surface area contributed by atoms with E-state index in [-0.39, 0.29) is 22.8 Å². The Morgan fingerprint density at radius 2 is 1.71 bits per heavy atom. The maximum Gasteiger partial charge on any atom is 0.326 e. The monoisotopic (exact) mass is 460 g/mol. The van der Waals surface area contributed by atoms with Gasteiger partial charge in [0.1, 0.15) is 12.3 Å². The first kappa shape index (κ1) is 22.9. The first-order valence-corrected chi connectivity index (χ1v) is 12.2. The molecule has 0 saturated heterocycles. The van der Waals surface area contributed by atoms with Crippen LogP contribution in [0.4, 0.5) is 0 Å². The molecule has 0 spiro atoms. The van der Waals surface area contributed by atoms with E-state index in [1.165, 1.54) is 23.5 Å². The normalized spacial score (nSPS) is 12.3. The summed E-state index contributed by atoms with van der Waals surface area (Å²) in [5.74, 6) is -2.00. The van der Waals surface area contributed by atoms with Crippen molar-refractivity contribution in [1.29, 1.82) is 0 Å². The molecule has 0 fully saturated rings. The standard InChI is InChI=1S/C22H24N2O5S2/c1-5-29-21(26)12-24-18-10-15(3)16(4)11-19(18)30-22(24)23-20(25)13-31(27,28)17-8-6-14(2)7-9-17/h6-11H,5,12-13H2,1-4H3. The van der Waals surface area contributed by atoms with Crippen molar-refractivity contribution in [2.75, 3.05) is 12.4 Å². The Balaban J connectivity index is 2.02. The summed E-state index contributed by atoms with van der Waals surface area (Å²) in [6.07, 6.45) is 0. The van der Waals surface area contributed by atoms with Gasteiger partial charge in [0.2, 0.25) is 0 Å². The van der Waals surface area contributed by atoms with E-state index in [4.69, 9.17) is 4.74 Å². The lowest BCUT2D eigenvalue weighted by Gasteiger charge is -2.07. The Morgan fingerprint density at radius 1 is 1.06 bits per heavy atom. The van der Waals surface area contributed by atoms with Crippen LogP contribution in [-0.4, -0.2) is 37.2 Å². The summed E-state index contributed by atoms with van der Waals surface area (Å²) in [5, 5.41) is 0. The van der Waals surface area contributed by atoms with Gasteiger partial charge in [-0.05, 0) is 63.1 Å². The van der Waals surface area contributed by atoms with E-state index in [1.54, 1.807) is 23.6 Å². The van der Waals surface area contributed by atoms with Gasteiger partial charge in [-0.2, -0.15) is 4.99 Å². The van der Waals surface area contributed by atoms with Gasteiger partial charge >= 0.3 is 5.97 Å². The van der Waals surface area contributed by atoms with E-state index in [0.717, 1.165) is 26.9 Å². The fourth-order valence-electron chi connectivity index (χ4n) is 3.03. The van der Waals surface area contributed by atoms with Crippen molar-refractivity contribution in [3.8, 4) is 0 Å². The Labute approximate surface area is 184 Å². The Bertz CT molecular complexity index is 1320. The van der Waals surface area contributed by atoms with Crippen LogP contribution in [-0.2, 0) is 30.7 Å². The molecule has 31 heavy (non-hydrogen) atoms. The number of aryl methyl sites for hydroxylation is 3. The molecule has 0 aliphatic rings. The van der Waals surface area contributed by atoms with Crippen LogP contribution in [0.5, 0.6) is 0 Å². The van der Waals surface area contributed by atoms with Crippen LogP contribution >= 0.6 is 11.3 Å². The molecule has 0 aliphatic heterocycles. The summed E-state index contributed by atoms with van der Waals surface area (Å²) in [5.41, 5.74) is 3.76. The van der Waals surface area contributed by atoms with Crippen molar-refractivity contribution in [3.05, 3.63) is 57.9 Å². The number of hydrogen-bond donors (Lipinski definition) is 0. The molecule has 9 heteroatoms. The topological polar surface area (TPSA) is 94.8 Å². The number of carbonyl (C=O) groups excluding carboxylic acids is 2. The van der Waals surface area contributed by atoms with Gasteiger partial charge in [0.25, 0.3) is 5.91 Å². The van der Waals surface area contributed by atoms with Crippen LogP contribution in [0.1, 0.15) is 23.6 Å². The smallest absolute Gasteiger partial charge is 0.326 e. The van der Waals surface area contributed by atoms with Crippen molar-refractivity contribution >= 4 is 43.3 Å². The minimum Gasteiger partial charge on any atom is -0.465 e.